The predicted octanol–water partition coefficient (Wildman–Crippen LogP) is 3.39. The number of benzene rings is 2. The van der Waals surface area contributed by atoms with Gasteiger partial charge in [0.15, 0.2) is 11.5 Å². The van der Waals surface area contributed by atoms with Crippen LogP contribution in [0, 0.1) is 13.8 Å². The van der Waals surface area contributed by atoms with Gasteiger partial charge in [-0.25, -0.2) is 0 Å². The normalized spacial score (nSPS) is 12.0. The summed E-state index contributed by atoms with van der Waals surface area (Å²) in [6.45, 7) is 4.50. The van der Waals surface area contributed by atoms with Gasteiger partial charge in [-0.1, -0.05) is 35.9 Å². The molecule has 1 unspecified atom stereocenters. The van der Waals surface area contributed by atoms with Crippen LogP contribution in [0.15, 0.2) is 42.5 Å². The third kappa shape index (κ3) is 3.31. The maximum Gasteiger partial charge on any atom is 0.162 e. The highest BCUT2D eigenvalue weighted by atomic mass is 16.5. The second-order valence-electron chi connectivity index (χ2n) is 4.91. The first-order valence-electron chi connectivity index (χ1n) is 6.72. The van der Waals surface area contributed by atoms with E-state index in [0.29, 0.717) is 12.3 Å². The Morgan fingerprint density at radius 2 is 1.60 bits per heavy atom. The first-order chi connectivity index (χ1) is 9.63. The fourth-order valence-corrected chi connectivity index (χ4v) is 2.06. The Morgan fingerprint density at radius 3 is 2.20 bits per heavy atom. The van der Waals surface area contributed by atoms with Crippen molar-refractivity contribution in [1.29, 1.82) is 0 Å². The molecule has 0 heterocycles. The molecule has 1 atom stereocenters. The lowest BCUT2D eigenvalue weighted by Crippen LogP contribution is -2.18. The third-order valence-corrected chi connectivity index (χ3v) is 3.25. The zero-order valence-corrected chi connectivity index (χ0v) is 12.2. The molecule has 0 spiro atoms. The Morgan fingerprint density at radius 1 is 0.950 bits per heavy atom. The Labute approximate surface area is 120 Å². The van der Waals surface area contributed by atoms with Crippen molar-refractivity contribution in [2.45, 2.75) is 20.0 Å². The van der Waals surface area contributed by atoms with Gasteiger partial charge < -0.3 is 15.2 Å². The van der Waals surface area contributed by atoms with Gasteiger partial charge in [0.25, 0.3) is 0 Å². The molecule has 2 aromatic rings. The molecule has 0 fully saturated rings. The van der Waals surface area contributed by atoms with Gasteiger partial charge in [0.2, 0.25) is 0 Å². The highest BCUT2D eigenvalue weighted by Crippen LogP contribution is 2.31. The summed E-state index contributed by atoms with van der Waals surface area (Å²) in [6, 6.07) is 14.1. The van der Waals surface area contributed by atoms with Crippen LogP contribution in [0.5, 0.6) is 11.5 Å². The fraction of sp³-hybridized carbons (Fsp3) is 0.294. The summed E-state index contributed by atoms with van der Waals surface area (Å²) in [5.74, 6) is 1.45. The van der Waals surface area contributed by atoms with E-state index >= 15 is 0 Å². The van der Waals surface area contributed by atoms with Crippen LogP contribution in [-0.4, -0.2) is 13.7 Å². The molecule has 0 radical (unpaired) electrons. The first-order valence-corrected chi connectivity index (χ1v) is 6.72. The average Bonchev–Trinajstić information content (AvgIpc) is 2.47. The largest absolute Gasteiger partial charge is 0.493 e. The summed E-state index contributed by atoms with van der Waals surface area (Å²) in [6.07, 6.45) is -0.174. The number of ether oxygens (including phenoxy) is 2. The summed E-state index contributed by atoms with van der Waals surface area (Å²) in [7, 11) is 1.64. The van der Waals surface area contributed by atoms with Crippen LogP contribution in [0.4, 0.5) is 0 Å². The second kappa shape index (κ2) is 6.44. The number of hydrogen-bond donors (Lipinski definition) is 1. The fourth-order valence-electron chi connectivity index (χ4n) is 2.06. The van der Waals surface area contributed by atoms with Gasteiger partial charge in [0.05, 0.1) is 7.11 Å². The van der Waals surface area contributed by atoms with E-state index in [4.69, 9.17) is 15.2 Å². The van der Waals surface area contributed by atoms with Gasteiger partial charge in [0.1, 0.15) is 6.10 Å². The lowest BCUT2D eigenvalue weighted by Gasteiger charge is -2.20. The number of rotatable bonds is 5. The summed E-state index contributed by atoms with van der Waals surface area (Å²) in [5, 5.41) is 0. The number of aryl methyl sites for hydroxylation is 2. The van der Waals surface area contributed by atoms with Crippen molar-refractivity contribution in [2.75, 3.05) is 13.7 Å². The van der Waals surface area contributed by atoms with Crippen LogP contribution >= 0.6 is 0 Å². The summed E-state index contributed by atoms with van der Waals surface area (Å²) in [4.78, 5) is 0. The molecular formula is C17H21NO2. The van der Waals surface area contributed by atoms with Crippen LogP contribution in [0.3, 0.4) is 0 Å². The molecule has 20 heavy (non-hydrogen) atoms. The zero-order chi connectivity index (χ0) is 14.5. The maximum atomic E-state index is 6.02. The van der Waals surface area contributed by atoms with Gasteiger partial charge >= 0.3 is 0 Å². The average molecular weight is 271 g/mol. The smallest absolute Gasteiger partial charge is 0.162 e. The van der Waals surface area contributed by atoms with Gasteiger partial charge in [-0.05, 0) is 37.1 Å². The molecule has 0 aromatic heterocycles. The molecule has 0 aliphatic rings. The molecule has 3 nitrogen and oxygen atoms in total. The molecule has 0 amide bonds. The van der Waals surface area contributed by atoms with E-state index < -0.39 is 0 Å². The second-order valence-corrected chi connectivity index (χ2v) is 4.91. The molecule has 2 N–H and O–H groups in total. The number of methoxy groups -OCH3 is 1. The Hall–Kier alpha value is -2.00. The SMILES string of the molecule is COc1cc(C)ccc1OC(CN)c1ccc(C)cc1. The molecule has 3 heteroatoms. The van der Waals surface area contributed by atoms with Crippen molar-refractivity contribution >= 4 is 0 Å². The molecule has 2 aromatic carbocycles. The van der Waals surface area contributed by atoms with Gasteiger partial charge in [-0.15, -0.1) is 0 Å². The van der Waals surface area contributed by atoms with Crippen molar-refractivity contribution in [3.05, 3.63) is 59.2 Å². The van der Waals surface area contributed by atoms with E-state index in [1.165, 1.54) is 5.56 Å². The monoisotopic (exact) mass is 271 g/mol. The molecule has 0 saturated heterocycles. The van der Waals surface area contributed by atoms with Crippen molar-refractivity contribution < 1.29 is 9.47 Å². The number of hydrogen-bond acceptors (Lipinski definition) is 3. The van der Waals surface area contributed by atoms with E-state index in [9.17, 15) is 0 Å². The quantitative estimate of drug-likeness (QED) is 0.906. The molecule has 0 aliphatic carbocycles. The third-order valence-electron chi connectivity index (χ3n) is 3.25. The van der Waals surface area contributed by atoms with Gasteiger partial charge in [0, 0.05) is 6.54 Å². The van der Waals surface area contributed by atoms with E-state index in [1.54, 1.807) is 7.11 Å². The van der Waals surface area contributed by atoms with Crippen molar-refractivity contribution in [1.82, 2.24) is 0 Å². The molecule has 0 saturated carbocycles. The van der Waals surface area contributed by atoms with Crippen molar-refractivity contribution in [3.63, 3.8) is 0 Å². The minimum absolute atomic E-state index is 0.174. The Kier molecular flexibility index (Phi) is 4.64. The summed E-state index contributed by atoms with van der Waals surface area (Å²) < 4.78 is 11.4. The van der Waals surface area contributed by atoms with E-state index in [1.807, 2.05) is 37.3 Å². The molecule has 0 bridgehead atoms. The highest BCUT2D eigenvalue weighted by molar-refractivity contribution is 5.43. The lowest BCUT2D eigenvalue weighted by atomic mass is 10.1. The Balaban J connectivity index is 2.24. The molecule has 2 rings (SSSR count). The molecular weight excluding hydrogens is 250 g/mol. The van der Waals surface area contributed by atoms with Crippen molar-refractivity contribution in [3.8, 4) is 11.5 Å². The summed E-state index contributed by atoms with van der Waals surface area (Å²) in [5.41, 5.74) is 9.27. The minimum atomic E-state index is -0.174. The predicted molar refractivity (Wildman–Crippen MR) is 81.3 cm³/mol. The van der Waals surface area contributed by atoms with Crippen LogP contribution in [-0.2, 0) is 0 Å². The van der Waals surface area contributed by atoms with E-state index in [2.05, 4.69) is 19.1 Å². The summed E-state index contributed by atoms with van der Waals surface area (Å²) >= 11 is 0. The molecule has 0 aliphatic heterocycles. The van der Waals surface area contributed by atoms with E-state index in [0.717, 1.165) is 16.9 Å². The topological polar surface area (TPSA) is 44.5 Å². The standard InChI is InChI=1S/C17H21NO2/c1-12-4-7-14(8-5-12)17(11-18)20-15-9-6-13(2)10-16(15)19-3/h4-10,17H,11,18H2,1-3H3. The lowest BCUT2D eigenvalue weighted by molar-refractivity contribution is 0.204. The van der Waals surface area contributed by atoms with E-state index in [-0.39, 0.29) is 6.10 Å². The highest BCUT2D eigenvalue weighted by Gasteiger charge is 2.14. The maximum absolute atomic E-state index is 6.02. The van der Waals surface area contributed by atoms with Crippen molar-refractivity contribution in [2.24, 2.45) is 5.73 Å². The number of nitrogens with two attached hydrogens (primary N) is 1. The van der Waals surface area contributed by atoms with Crippen LogP contribution in [0.1, 0.15) is 22.8 Å². The minimum Gasteiger partial charge on any atom is -0.493 e. The Bertz CT molecular complexity index is 564. The van der Waals surface area contributed by atoms with Gasteiger partial charge in [-0.3, -0.25) is 0 Å². The zero-order valence-electron chi connectivity index (χ0n) is 12.2. The van der Waals surface area contributed by atoms with Crippen LogP contribution in [0.2, 0.25) is 0 Å². The first kappa shape index (κ1) is 14.4. The van der Waals surface area contributed by atoms with Crippen LogP contribution < -0.4 is 15.2 Å². The molecule has 106 valence electrons. The van der Waals surface area contributed by atoms with Crippen LogP contribution in [0.25, 0.3) is 0 Å². The van der Waals surface area contributed by atoms with Gasteiger partial charge in [-0.2, -0.15) is 0 Å².